The number of hydrogen-bond acceptors (Lipinski definition) is 6. The van der Waals surface area contributed by atoms with Crippen molar-refractivity contribution in [3.8, 4) is 10.6 Å². The predicted molar refractivity (Wildman–Crippen MR) is 117 cm³/mol. The smallest absolute Gasteiger partial charge is 0.274 e. The molecule has 1 fully saturated rings. The number of anilines is 2. The highest BCUT2D eigenvalue weighted by molar-refractivity contribution is 7.13. The summed E-state index contributed by atoms with van der Waals surface area (Å²) in [5.41, 5.74) is 2.86. The molecular weight excluding hydrogens is 402 g/mol. The van der Waals surface area contributed by atoms with E-state index in [-0.39, 0.29) is 24.1 Å². The molecule has 0 unspecified atom stereocenters. The molecule has 3 aromatic rings. The first-order valence-electron chi connectivity index (χ1n) is 9.67. The van der Waals surface area contributed by atoms with Crippen molar-refractivity contribution >= 4 is 34.5 Å². The Bertz CT molecular complexity index is 994. The Labute approximate surface area is 178 Å². The summed E-state index contributed by atoms with van der Waals surface area (Å²) in [5, 5.41) is 11.7. The molecule has 1 aromatic carbocycles. The summed E-state index contributed by atoms with van der Waals surface area (Å²) < 4.78 is 5.37. The molecule has 1 aliphatic rings. The van der Waals surface area contributed by atoms with E-state index in [1.54, 1.807) is 24.5 Å². The second-order valence-corrected chi connectivity index (χ2v) is 7.95. The number of amides is 2. The fraction of sp³-hybridized carbons (Fsp3) is 0.286. The molecule has 4 rings (SSSR count). The third-order valence-electron chi connectivity index (χ3n) is 4.84. The molecule has 8 nitrogen and oxygen atoms in total. The zero-order valence-corrected chi connectivity index (χ0v) is 17.4. The number of thiophene rings is 1. The molecule has 0 spiro atoms. The minimum Gasteiger partial charge on any atom is -0.378 e. The average Bonchev–Trinajstić information content (AvgIpc) is 3.46. The topological polar surface area (TPSA) is 90.6 Å². The van der Waals surface area contributed by atoms with Gasteiger partial charge in [0.15, 0.2) is 5.69 Å². The van der Waals surface area contributed by atoms with Crippen LogP contribution < -0.4 is 10.2 Å². The summed E-state index contributed by atoms with van der Waals surface area (Å²) in [7, 11) is 1.59. The lowest BCUT2D eigenvalue weighted by molar-refractivity contribution is -0.116. The molecule has 30 heavy (non-hydrogen) atoms. The number of H-pyrrole nitrogens is 1. The number of morpholine rings is 1. The quantitative estimate of drug-likeness (QED) is 0.634. The Morgan fingerprint density at radius 3 is 2.70 bits per heavy atom. The first-order valence-corrected chi connectivity index (χ1v) is 10.6. The monoisotopic (exact) mass is 425 g/mol. The number of aromatic nitrogens is 2. The van der Waals surface area contributed by atoms with Crippen LogP contribution in [-0.2, 0) is 9.53 Å². The van der Waals surface area contributed by atoms with E-state index in [1.807, 2.05) is 41.8 Å². The van der Waals surface area contributed by atoms with Crippen molar-refractivity contribution in [2.24, 2.45) is 0 Å². The van der Waals surface area contributed by atoms with Gasteiger partial charge in [-0.05, 0) is 41.8 Å². The Morgan fingerprint density at radius 2 is 2.00 bits per heavy atom. The van der Waals surface area contributed by atoms with E-state index in [0.717, 1.165) is 42.6 Å². The number of ether oxygens (including phenoxy) is 1. The molecule has 0 bridgehead atoms. The van der Waals surface area contributed by atoms with Gasteiger partial charge in [-0.3, -0.25) is 14.7 Å². The summed E-state index contributed by atoms with van der Waals surface area (Å²) in [6.45, 7) is 3.11. The lowest BCUT2D eigenvalue weighted by atomic mass is 10.2. The van der Waals surface area contributed by atoms with Crippen LogP contribution in [-0.4, -0.2) is 66.8 Å². The van der Waals surface area contributed by atoms with Crippen LogP contribution in [0.15, 0.2) is 47.8 Å². The van der Waals surface area contributed by atoms with E-state index in [4.69, 9.17) is 4.74 Å². The number of carbonyl (C=O) groups excluding carboxylic acids is 2. The molecule has 0 radical (unpaired) electrons. The second-order valence-electron chi connectivity index (χ2n) is 7.00. The van der Waals surface area contributed by atoms with Crippen LogP contribution in [0.3, 0.4) is 0 Å². The van der Waals surface area contributed by atoms with Crippen LogP contribution in [0.2, 0.25) is 0 Å². The fourth-order valence-corrected chi connectivity index (χ4v) is 3.94. The van der Waals surface area contributed by atoms with Gasteiger partial charge in [0, 0.05) is 31.5 Å². The highest BCUT2D eigenvalue weighted by Crippen LogP contribution is 2.23. The maximum Gasteiger partial charge on any atom is 0.274 e. The highest BCUT2D eigenvalue weighted by Gasteiger charge is 2.19. The van der Waals surface area contributed by atoms with Gasteiger partial charge in [-0.2, -0.15) is 5.10 Å². The van der Waals surface area contributed by atoms with E-state index < -0.39 is 0 Å². The lowest BCUT2D eigenvalue weighted by Gasteiger charge is -2.28. The van der Waals surface area contributed by atoms with Gasteiger partial charge in [-0.1, -0.05) is 6.07 Å². The normalized spacial score (nSPS) is 13.8. The van der Waals surface area contributed by atoms with Crippen LogP contribution >= 0.6 is 11.3 Å². The maximum atomic E-state index is 12.6. The standard InChI is InChI=1S/C21H23N5O3S/c1-25(21(28)18-13-17(23-24-18)19-3-2-12-30-19)14-20(27)22-15-4-6-16(7-5-15)26-8-10-29-11-9-26/h2-7,12-13H,8-11,14H2,1H3,(H,22,27)(H,23,24). The number of carbonyl (C=O) groups is 2. The molecule has 9 heteroatoms. The van der Waals surface area contributed by atoms with Crippen molar-refractivity contribution in [2.45, 2.75) is 0 Å². The maximum absolute atomic E-state index is 12.6. The molecule has 0 atom stereocenters. The van der Waals surface area contributed by atoms with Gasteiger partial charge in [-0.25, -0.2) is 0 Å². The van der Waals surface area contributed by atoms with E-state index in [2.05, 4.69) is 20.4 Å². The minimum atomic E-state index is -0.313. The summed E-state index contributed by atoms with van der Waals surface area (Å²) in [6, 6.07) is 13.3. The van der Waals surface area contributed by atoms with Gasteiger partial charge in [-0.15, -0.1) is 11.3 Å². The van der Waals surface area contributed by atoms with E-state index in [1.165, 1.54) is 4.90 Å². The van der Waals surface area contributed by atoms with Crippen LogP contribution in [0.5, 0.6) is 0 Å². The molecular formula is C21H23N5O3S. The molecule has 2 amide bonds. The number of aromatic amines is 1. The van der Waals surface area contributed by atoms with Gasteiger partial charge in [0.25, 0.3) is 5.91 Å². The van der Waals surface area contributed by atoms with Crippen LogP contribution in [0, 0.1) is 0 Å². The van der Waals surface area contributed by atoms with Crippen molar-refractivity contribution in [3.05, 3.63) is 53.5 Å². The zero-order chi connectivity index (χ0) is 20.9. The first-order chi connectivity index (χ1) is 14.6. The minimum absolute atomic E-state index is 0.0642. The van der Waals surface area contributed by atoms with Crippen molar-refractivity contribution < 1.29 is 14.3 Å². The molecule has 2 aromatic heterocycles. The van der Waals surface area contributed by atoms with Crippen LogP contribution in [0.1, 0.15) is 10.5 Å². The third-order valence-corrected chi connectivity index (χ3v) is 5.74. The third kappa shape index (κ3) is 4.69. The Morgan fingerprint density at radius 1 is 1.23 bits per heavy atom. The Kier molecular flexibility index (Phi) is 6.10. The van der Waals surface area contributed by atoms with Gasteiger partial charge < -0.3 is 19.9 Å². The lowest BCUT2D eigenvalue weighted by Crippen LogP contribution is -2.36. The molecule has 2 N–H and O–H groups in total. The van der Waals surface area contributed by atoms with Crippen molar-refractivity contribution in [3.63, 3.8) is 0 Å². The highest BCUT2D eigenvalue weighted by atomic mass is 32.1. The first kappa shape index (κ1) is 20.1. The van der Waals surface area contributed by atoms with Gasteiger partial charge in [0.2, 0.25) is 5.91 Å². The number of likely N-dealkylation sites (N-methyl/N-ethyl adjacent to an activating group) is 1. The van der Waals surface area contributed by atoms with Crippen LogP contribution in [0.25, 0.3) is 10.6 Å². The fourth-order valence-electron chi connectivity index (χ4n) is 3.25. The van der Waals surface area contributed by atoms with E-state index in [0.29, 0.717) is 5.69 Å². The number of benzene rings is 1. The number of hydrogen-bond donors (Lipinski definition) is 2. The molecule has 1 aliphatic heterocycles. The second kappa shape index (κ2) is 9.10. The summed E-state index contributed by atoms with van der Waals surface area (Å²) in [5.74, 6) is -0.578. The summed E-state index contributed by atoms with van der Waals surface area (Å²) in [6.07, 6.45) is 0. The molecule has 0 saturated carbocycles. The Hall–Kier alpha value is -3.17. The van der Waals surface area contributed by atoms with E-state index >= 15 is 0 Å². The average molecular weight is 426 g/mol. The predicted octanol–water partition coefficient (Wildman–Crippen LogP) is 2.69. The van der Waals surface area contributed by atoms with Crippen molar-refractivity contribution in [2.75, 3.05) is 50.1 Å². The summed E-state index contributed by atoms with van der Waals surface area (Å²) in [4.78, 5) is 29.6. The van der Waals surface area contributed by atoms with Crippen LogP contribution in [0.4, 0.5) is 11.4 Å². The largest absolute Gasteiger partial charge is 0.378 e. The molecule has 0 aliphatic carbocycles. The summed E-state index contributed by atoms with van der Waals surface area (Å²) >= 11 is 1.56. The van der Waals surface area contributed by atoms with Crippen molar-refractivity contribution in [1.82, 2.24) is 15.1 Å². The van der Waals surface area contributed by atoms with Gasteiger partial charge in [0.1, 0.15) is 0 Å². The zero-order valence-electron chi connectivity index (χ0n) is 16.6. The van der Waals surface area contributed by atoms with Crippen molar-refractivity contribution in [1.29, 1.82) is 0 Å². The van der Waals surface area contributed by atoms with Gasteiger partial charge >= 0.3 is 0 Å². The molecule has 3 heterocycles. The Balaban J connectivity index is 1.31. The number of nitrogens with one attached hydrogen (secondary N) is 2. The SMILES string of the molecule is CN(CC(=O)Nc1ccc(N2CCOCC2)cc1)C(=O)c1cc(-c2cccs2)[nH]n1. The van der Waals surface area contributed by atoms with E-state index in [9.17, 15) is 9.59 Å². The van der Waals surface area contributed by atoms with Gasteiger partial charge in [0.05, 0.1) is 30.3 Å². The molecule has 156 valence electrons. The number of rotatable bonds is 6. The molecule has 1 saturated heterocycles. The number of nitrogens with zero attached hydrogens (tertiary/aromatic N) is 3.